The summed E-state index contributed by atoms with van der Waals surface area (Å²) in [5.41, 5.74) is 0. The number of carbonyl (C=O) groups is 1. The van der Waals surface area contributed by atoms with E-state index in [4.69, 9.17) is 4.52 Å². The summed E-state index contributed by atoms with van der Waals surface area (Å²) in [5, 5.41) is 3.89. The molecule has 1 fully saturated rings. The second kappa shape index (κ2) is 7.20. The predicted molar refractivity (Wildman–Crippen MR) is 91.8 cm³/mol. The van der Waals surface area contributed by atoms with Gasteiger partial charge >= 0.3 is 0 Å². The number of benzene rings is 1. The lowest BCUT2D eigenvalue weighted by Gasteiger charge is -2.37. The predicted octanol–water partition coefficient (Wildman–Crippen LogP) is 2.38. The first-order valence-electron chi connectivity index (χ1n) is 7.96. The van der Waals surface area contributed by atoms with Crippen molar-refractivity contribution < 1.29 is 13.7 Å². The van der Waals surface area contributed by atoms with Crippen LogP contribution in [0.15, 0.2) is 52.1 Å². The number of amides is 1. The zero-order valence-corrected chi connectivity index (χ0v) is 14.4. The molecule has 0 bridgehead atoms. The van der Waals surface area contributed by atoms with Gasteiger partial charge in [0.1, 0.15) is 5.82 Å². The third-order valence-electron chi connectivity index (χ3n) is 3.97. The van der Waals surface area contributed by atoms with Crippen molar-refractivity contribution in [3.63, 3.8) is 0 Å². The normalized spacial score (nSPS) is 14.3. The topological polar surface area (TPSA) is 85.0 Å². The number of aromatic nitrogens is 4. The first-order chi connectivity index (χ1) is 12.7. The van der Waals surface area contributed by atoms with E-state index in [2.05, 4.69) is 20.1 Å². The van der Waals surface area contributed by atoms with Crippen molar-refractivity contribution in [2.75, 3.05) is 18.8 Å². The Morgan fingerprint density at radius 2 is 1.92 bits per heavy atom. The van der Waals surface area contributed by atoms with E-state index >= 15 is 0 Å². The molecule has 0 aliphatic carbocycles. The molecule has 2 aromatic heterocycles. The molecule has 7 nitrogen and oxygen atoms in total. The van der Waals surface area contributed by atoms with Gasteiger partial charge in [-0.3, -0.25) is 4.79 Å². The molecule has 3 heterocycles. The summed E-state index contributed by atoms with van der Waals surface area (Å²) in [6.45, 7) is 1.08. The van der Waals surface area contributed by atoms with Crippen LogP contribution in [0.3, 0.4) is 0 Å². The van der Waals surface area contributed by atoms with Crippen LogP contribution in [0.5, 0.6) is 0 Å². The van der Waals surface area contributed by atoms with Crippen LogP contribution in [0.4, 0.5) is 4.39 Å². The van der Waals surface area contributed by atoms with E-state index < -0.39 is 0 Å². The molecule has 0 N–H and O–H groups in total. The number of carbonyl (C=O) groups excluding carboxylic acids is 1. The molecule has 132 valence electrons. The van der Waals surface area contributed by atoms with Gasteiger partial charge in [-0.1, -0.05) is 5.16 Å². The fourth-order valence-corrected chi connectivity index (χ4v) is 3.31. The molecule has 0 spiro atoms. The lowest BCUT2D eigenvalue weighted by molar-refractivity contribution is -0.133. The number of halogens is 1. The van der Waals surface area contributed by atoms with Crippen molar-refractivity contribution in [2.45, 2.75) is 10.8 Å². The highest BCUT2D eigenvalue weighted by Gasteiger charge is 2.35. The van der Waals surface area contributed by atoms with Crippen molar-refractivity contribution in [3.8, 4) is 11.6 Å². The minimum Gasteiger partial charge on any atom is -0.340 e. The van der Waals surface area contributed by atoms with Gasteiger partial charge in [0.2, 0.25) is 23.4 Å². The van der Waals surface area contributed by atoms with Crippen LogP contribution in [0.1, 0.15) is 11.8 Å². The van der Waals surface area contributed by atoms with E-state index in [0.29, 0.717) is 36.4 Å². The van der Waals surface area contributed by atoms with Crippen molar-refractivity contribution in [2.24, 2.45) is 0 Å². The minimum atomic E-state index is -0.286. The standard InChI is InChI=1S/C17H14FN5O2S/c18-12-2-4-13(5-3-12)26-10-14(24)23-8-11(9-23)17-21-16(22-25-17)15-19-6-1-7-20-15/h1-7,11H,8-10H2. The van der Waals surface area contributed by atoms with Crippen LogP contribution in [-0.4, -0.2) is 49.8 Å². The maximum atomic E-state index is 12.9. The van der Waals surface area contributed by atoms with Crippen LogP contribution < -0.4 is 0 Å². The maximum absolute atomic E-state index is 12.9. The Hall–Kier alpha value is -2.81. The van der Waals surface area contributed by atoms with E-state index in [-0.39, 0.29) is 17.6 Å². The van der Waals surface area contributed by atoms with Gasteiger partial charge < -0.3 is 9.42 Å². The molecule has 1 aliphatic rings. The smallest absolute Gasteiger partial charge is 0.240 e. The van der Waals surface area contributed by atoms with E-state index in [1.54, 1.807) is 35.5 Å². The zero-order chi connectivity index (χ0) is 17.9. The number of rotatable bonds is 5. The lowest BCUT2D eigenvalue weighted by atomic mass is 10.0. The van der Waals surface area contributed by atoms with E-state index in [9.17, 15) is 9.18 Å². The van der Waals surface area contributed by atoms with Gasteiger partial charge in [-0.05, 0) is 30.3 Å². The van der Waals surface area contributed by atoms with Crippen LogP contribution in [-0.2, 0) is 4.79 Å². The summed E-state index contributed by atoms with van der Waals surface area (Å²) in [6.07, 6.45) is 3.22. The Bertz CT molecular complexity index is 897. The largest absolute Gasteiger partial charge is 0.340 e. The van der Waals surface area contributed by atoms with E-state index in [1.165, 1.54) is 23.9 Å². The first kappa shape index (κ1) is 16.6. The fraction of sp³-hybridized carbons (Fsp3) is 0.235. The second-order valence-electron chi connectivity index (χ2n) is 5.77. The van der Waals surface area contributed by atoms with Crippen LogP contribution in [0, 0.1) is 5.82 Å². The Kier molecular flexibility index (Phi) is 4.61. The van der Waals surface area contributed by atoms with Gasteiger partial charge in [0.15, 0.2) is 0 Å². The highest BCUT2D eigenvalue weighted by atomic mass is 32.2. The average Bonchev–Trinajstić information content (AvgIpc) is 3.10. The van der Waals surface area contributed by atoms with Crippen molar-refractivity contribution in [1.82, 2.24) is 25.0 Å². The van der Waals surface area contributed by atoms with Crippen molar-refractivity contribution >= 4 is 17.7 Å². The summed E-state index contributed by atoms with van der Waals surface area (Å²) in [4.78, 5) is 27.3. The van der Waals surface area contributed by atoms with Gasteiger partial charge in [-0.15, -0.1) is 11.8 Å². The highest BCUT2D eigenvalue weighted by Crippen LogP contribution is 2.28. The number of hydrogen-bond acceptors (Lipinski definition) is 7. The molecular weight excluding hydrogens is 357 g/mol. The fourth-order valence-electron chi connectivity index (χ4n) is 2.51. The summed E-state index contributed by atoms with van der Waals surface area (Å²) in [6, 6.07) is 7.81. The molecule has 0 saturated carbocycles. The van der Waals surface area contributed by atoms with Gasteiger partial charge in [0.25, 0.3) is 0 Å². The monoisotopic (exact) mass is 371 g/mol. The Labute approximate surface area is 152 Å². The molecule has 0 atom stereocenters. The van der Waals surface area contributed by atoms with E-state index in [1.807, 2.05) is 0 Å². The van der Waals surface area contributed by atoms with Crippen LogP contribution in [0.2, 0.25) is 0 Å². The highest BCUT2D eigenvalue weighted by molar-refractivity contribution is 8.00. The Morgan fingerprint density at radius 3 is 2.65 bits per heavy atom. The Balaban J connectivity index is 1.29. The summed E-state index contributed by atoms with van der Waals surface area (Å²) >= 11 is 1.39. The zero-order valence-electron chi connectivity index (χ0n) is 13.6. The number of nitrogens with zero attached hydrogens (tertiary/aromatic N) is 5. The average molecular weight is 371 g/mol. The number of thioether (sulfide) groups is 1. The SMILES string of the molecule is O=C(CSc1ccc(F)cc1)N1CC(c2nc(-c3ncccn3)no2)C1. The number of likely N-dealkylation sites (tertiary alicyclic amines) is 1. The lowest BCUT2D eigenvalue weighted by Crippen LogP contribution is -2.49. The van der Waals surface area contributed by atoms with Crippen molar-refractivity contribution in [3.05, 3.63) is 54.4 Å². The molecule has 1 aliphatic heterocycles. The minimum absolute atomic E-state index is 0.0275. The van der Waals surface area contributed by atoms with Gasteiger partial charge in [-0.25, -0.2) is 14.4 Å². The third kappa shape index (κ3) is 3.57. The molecular formula is C17H14FN5O2S. The van der Waals surface area contributed by atoms with Crippen molar-refractivity contribution in [1.29, 1.82) is 0 Å². The molecule has 26 heavy (non-hydrogen) atoms. The van der Waals surface area contributed by atoms with Gasteiger partial charge in [-0.2, -0.15) is 4.98 Å². The molecule has 0 unspecified atom stereocenters. The number of hydrogen-bond donors (Lipinski definition) is 0. The van der Waals surface area contributed by atoms with Gasteiger partial charge in [0, 0.05) is 30.4 Å². The summed E-state index contributed by atoms with van der Waals surface area (Å²) in [7, 11) is 0. The van der Waals surface area contributed by atoms with Gasteiger partial charge in [0.05, 0.1) is 11.7 Å². The molecule has 3 aromatic rings. The molecule has 4 rings (SSSR count). The molecule has 0 radical (unpaired) electrons. The first-order valence-corrected chi connectivity index (χ1v) is 8.95. The molecule has 1 aromatic carbocycles. The summed E-state index contributed by atoms with van der Waals surface area (Å²) in [5.74, 6) is 1.32. The summed E-state index contributed by atoms with van der Waals surface area (Å²) < 4.78 is 18.2. The van der Waals surface area contributed by atoms with Crippen LogP contribution in [0.25, 0.3) is 11.6 Å². The van der Waals surface area contributed by atoms with E-state index in [0.717, 1.165) is 4.90 Å². The Morgan fingerprint density at radius 1 is 1.19 bits per heavy atom. The van der Waals surface area contributed by atoms with Crippen LogP contribution >= 0.6 is 11.8 Å². The molecule has 1 saturated heterocycles. The quantitative estimate of drug-likeness (QED) is 0.637. The second-order valence-corrected chi connectivity index (χ2v) is 6.82. The molecule has 1 amide bonds. The third-order valence-corrected chi connectivity index (χ3v) is 4.96. The maximum Gasteiger partial charge on any atom is 0.240 e. The molecule has 9 heteroatoms.